The Morgan fingerprint density at radius 1 is 1.29 bits per heavy atom. The van der Waals surface area contributed by atoms with Crippen LogP contribution in [0.3, 0.4) is 0 Å². The summed E-state index contributed by atoms with van der Waals surface area (Å²) in [5, 5.41) is 21.4. The van der Waals surface area contributed by atoms with E-state index in [0.29, 0.717) is 17.9 Å². The van der Waals surface area contributed by atoms with Crippen LogP contribution in [0.2, 0.25) is 0 Å². The summed E-state index contributed by atoms with van der Waals surface area (Å²) in [5.74, 6) is 0.285. The molecule has 2 aromatic heterocycles. The third-order valence-corrected chi connectivity index (χ3v) is 6.19. The SMILES string of the molecule is CCCC[C@H](NC(=O)c1cc2ccccc2n1C)C(=O)N[C@H]1CCC[C@H]1c1nn[nH]n1. The molecule has 0 bridgehead atoms. The van der Waals surface area contributed by atoms with Gasteiger partial charge in [0.1, 0.15) is 11.7 Å². The minimum absolute atomic E-state index is 0.0448. The maximum atomic E-state index is 13.1. The van der Waals surface area contributed by atoms with Crippen LogP contribution in [0, 0.1) is 0 Å². The first-order valence-electron chi connectivity index (χ1n) is 11.0. The summed E-state index contributed by atoms with van der Waals surface area (Å²) in [6, 6.07) is 9.08. The van der Waals surface area contributed by atoms with Gasteiger partial charge in [-0.3, -0.25) is 9.59 Å². The topological polar surface area (TPSA) is 118 Å². The number of fused-ring (bicyclic) bond motifs is 1. The van der Waals surface area contributed by atoms with E-state index in [2.05, 4.69) is 38.2 Å². The highest BCUT2D eigenvalue weighted by Crippen LogP contribution is 2.32. The lowest BCUT2D eigenvalue weighted by molar-refractivity contribution is -0.124. The van der Waals surface area contributed by atoms with E-state index in [1.807, 2.05) is 41.9 Å². The molecule has 2 heterocycles. The molecule has 1 aromatic carbocycles. The number of carbonyl (C=O) groups excluding carboxylic acids is 2. The van der Waals surface area contributed by atoms with E-state index in [4.69, 9.17) is 0 Å². The minimum atomic E-state index is -0.586. The number of hydrogen-bond acceptors (Lipinski definition) is 5. The number of para-hydroxylation sites is 1. The van der Waals surface area contributed by atoms with E-state index in [1.165, 1.54) is 0 Å². The van der Waals surface area contributed by atoms with Crippen LogP contribution in [0.25, 0.3) is 10.9 Å². The fraction of sp³-hybridized carbons (Fsp3) is 0.500. The summed E-state index contributed by atoms with van der Waals surface area (Å²) >= 11 is 0. The van der Waals surface area contributed by atoms with Crippen molar-refractivity contribution in [2.75, 3.05) is 0 Å². The average molecular weight is 424 g/mol. The minimum Gasteiger partial charge on any atom is -0.351 e. The van der Waals surface area contributed by atoms with Crippen LogP contribution in [0.15, 0.2) is 30.3 Å². The van der Waals surface area contributed by atoms with Crippen molar-refractivity contribution in [1.29, 1.82) is 0 Å². The lowest BCUT2D eigenvalue weighted by Crippen LogP contribution is -2.50. The van der Waals surface area contributed by atoms with Crippen LogP contribution in [0.1, 0.15) is 67.7 Å². The van der Waals surface area contributed by atoms with E-state index in [-0.39, 0.29) is 23.8 Å². The Kier molecular flexibility index (Phi) is 6.29. The van der Waals surface area contributed by atoms with Crippen molar-refractivity contribution in [3.05, 3.63) is 41.9 Å². The van der Waals surface area contributed by atoms with Crippen molar-refractivity contribution < 1.29 is 9.59 Å². The Bertz CT molecular complexity index is 1040. The number of rotatable bonds is 8. The molecule has 2 amide bonds. The molecule has 164 valence electrons. The number of tetrazole rings is 1. The molecule has 1 aliphatic rings. The number of H-pyrrole nitrogens is 1. The molecule has 1 fully saturated rings. The number of unbranched alkanes of at least 4 members (excludes halogenated alkanes) is 1. The molecule has 1 saturated carbocycles. The number of benzene rings is 1. The molecular weight excluding hydrogens is 394 g/mol. The lowest BCUT2D eigenvalue weighted by atomic mass is 10.0. The molecule has 31 heavy (non-hydrogen) atoms. The molecule has 0 unspecified atom stereocenters. The zero-order valence-electron chi connectivity index (χ0n) is 18.0. The van der Waals surface area contributed by atoms with Gasteiger partial charge in [-0.15, -0.1) is 10.2 Å². The lowest BCUT2D eigenvalue weighted by Gasteiger charge is -2.23. The van der Waals surface area contributed by atoms with Crippen molar-refractivity contribution in [2.45, 2.75) is 63.5 Å². The predicted octanol–water partition coefficient (Wildman–Crippen LogP) is 2.43. The second-order valence-corrected chi connectivity index (χ2v) is 8.24. The quantitative estimate of drug-likeness (QED) is 0.514. The molecule has 0 radical (unpaired) electrons. The highest BCUT2D eigenvalue weighted by molar-refractivity contribution is 6.00. The van der Waals surface area contributed by atoms with Gasteiger partial charge in [-0.2, -0.15) is 5.21 Å². The standard InChI is InChI=1S/C22H29N7O2/c1-3-4-10-17(21(30)23-16-11-7-9-15(16)20-25-27-28-26-20)24-22(31)19-13-14-8-5-6-12-18(14)29(19)2/h5-6,8,12-13,15-17H,3-4,7,9-11H2,1-2H3,(H,23,30)(H,24,31)(H,25,26,27,28)/t15-,16+,17+/m1/s1. The third-order valence-electron chi connectivity index (χ3n) is 6.19. The monoisotopic (exact) mass is 423 g/mol. The Labute approximate surface area is 181 Å². The highest BCUT2D eigenvalue weighted by atomic mass is 16.2. The van der Waals surface area contributed by atoms with E-state index < -0.39 is 6.04 Å². The second-order valence-electron chi connectivity index (χ2n) is 8.24. The Hall–Kier alpha value is -3.23. The van der Waals surface area contributed by atoms with Crippen molar-refractivity contribution in [3.8, 4) is 0 Å². The van der Waals surface area contributed by atoms with Crippen molar-refractivity contribution in [2.24, 2.45) is 7.05 Å². The van der Waals surface area contributed by atoms with Crippen LogP contribution in [-0.4, -0.2) is 49.1 Å². The van der Waals surface area contributed by atoms with Gasteiger partial charge in [-0.25, -0.2) is 0 Å². The number of hydrogen-bond donors (Lipinski definition) is 3. The largest absolute Gasteiger partial charge is 0.351 e. The highest BCUT2D eigenvalue weighted by Gasteiger charge is 2.34. The van der Waals surface area contributed by atoms with Crippen LogP contribution >= 0.6 is 0 Å². The van der Waals surface area contributed by atoms with Crippen LogP contribution < -0.4 is 10.6 Å². The maximum absolute atomic E-state index is 13.1. The molecule has 3 N–H and O–H groups in total. The van der Waals surface area contributed by atoms with Crippen LogP contribution in [0.5, 0.6) is 0 Å². The van der Waals surface area contributed by atoms with Gasteiger partial charge in [0.2, 0.25) is 5.91 Å². The van der Waals surface area contributed by atoms with E-state index >= 15 is 0 Å². The zero-order valence-corrected chi connectivity index (χ0v) is 18.0. The van der Waals surface area contributed by atoms with Gasteiger partial charge in [-0.05, 0) is 31.4 Å². The van der Waals surface area contributed by atoms with Crippen molar-refractivity contribution in [1.82, 2.24) is 35.8 Å². The molecule has 0 aliphatic heterocycles. The molecule has 3 atom stereocenters. The summed E-state index contributed by atoms with van der Waals surface area (Å²) < 4.78 is 1.86. The number of nitrogens with zero attached hydrogens (tertiary/aromatic N) is 4. The molecule has 1 aliphatic carbocycles. The van der Waals surface area contributed by atoms with Gasteiger partial charge < -0.3 is 15.2 Å². The van der Waals surface area contributed by atoms with Gasteiger partial charge in [0, 0.05) is 29.9 Å². The van der Waals surface area contributed by atoms with E-state index in [0.717, 1.165) is 43.0 Å². The van der Waals surface area contributed by atoms with E-state index in [1.54, 1.807) is 0 Å². The summed E-state index contributed by atoms with van der Waals surface area (Å²) in [5.41, 5.74) is 1.53. The number of amides is 2. The molecule has 4 rings (SSSR count). The summed E-state index contributed by atoms with van der Waals surface area (Å²) in [7, 11) is 1.87. The molecule has 9 heteroatoms. The second kappa shape index (κ2) is 9.28. The molecule has 3 aromatic rings. The molecule has 9 nitrogen and oxygen atoms in total. The average Bonchev–Trinajstić information content (AvgIpc) is 3.51. The zero-order chi connectivity index (χ0) is 21.8. The smallest absolute Gasteiger partial charge is 0.268 e. The first-order chi connectivity index (χ1) is 15.1. The summed E-state index contributed by atoms with van der Waals surface area (Å²) in [6.07, 6.45) is 5.16. The number of aromatic amines is 1. The predicted molar refractivity (Wildman–Crippen MR) is 116 cm³/mol. The maximum Gasteiger partial charge on any atom is 0.268 e. The van der Waals surface area contributed by atoms with E-state index in [9.17, 15) is 9.59 Å². The van der Waals surface area contributed by atoms with Crippen LogP contribution in [-0.2, 0) is 11.8 Å². The number of aromatic nitrogens is 5. The number of nitrogens with one attached hydrogen (secondary N) is 3. The fourth-order valence-corrected chi connectivity index (χ4v) is 4.47. The fourth-order valence-electron chi connectivity index (χ4n) is 4.47. The molecule has 0 saturated heterocycles. The Morgan fingerprint density at radius 2 is 2.13 bits per heavy atom. The first kappa shape index (κ1) is 21.0. The van der Waals surface area contributed by atoms with Gasteiger partial charge >= 0.3 is 0 Å². The van der Waals surface area contributed by atoms with Crippen molar-refractivity contribution in [3.63, 3.8) is 0 Å². The Morgan fingerprint density at radius 3 is 2.87 bits per heavy atom. The molecule has 0 spiro atoms. The first-order valence-corrected chi connectivity index (χ1v) is 11.0. The number of aryl methyl sites for hydroxylation is 1. The number of carbonyl (C=O) groups is 2. The van der Waals surface area contributed by atoms with Gasteiger partial charge in [0.05, 0.1) is 0 Å². The van der Waals surface area contributed by atoms with Gasteiger partial charge in [0.15, 0.2) is 5.82 Å². The Balaban J connectivity index is 1.47. The third kappa shape index (κ3) is 4.45. The molecular formula is C22H29N7O2. The van der Waals surface area contributed by atoms with Gasteiger partial charge in [0.25, 0.3) is 5.91 Å². The summed E-state index contributed by atoms with van der Waals surface area (Å²) in [6.45, 7) is 2.07. The van der Waals surface area contributed by atoms with Gasteiger partial charge in [-0.1, -0.05) is 49.6 Å². The summed E-state index contributed by atoms with van der Waals surface area (Å²) in [4.78, 5) is 26.2. The normalized spacial score (nSPS) is 19.4. The van der Waals surface area contributed by atoms with Crippen LogP contribution in [0.4, 0.5) is 0 Å². The van der Waals surface area contributed by atoms with Crippen molar-refractivity contribution >= 4 is 22.7 Å².